The first kappa shape index (κ1) is 19.0. The van der Waals surface area contributed by atoms with Crippen LogP contribution in [-0.2, 0) is 16.4 Å². The summed E-state index contributed by atoms with van der Waals surface area (Å²) in [7, 11) is -1.02. The Labute approximate surface area is 148 Å². The molecule has 2 aromatic carbocycles. The summed E-state index contributed by atoms with van der Waals surface area (Å²) in [6, 6.07) is 14.3. The van der Waals surface area contributed by atoms with E-state index in [1.54, 1.807) is 6.07 Å². The molecule has 0 spiro atoms. The second-order valence-corrected chi connectivity index (χ2v) is 7.27. The van der Waals surface area contributed by atoms with Crippen LogP contribution in [0.2, 0.25) is 0 Å². The van der Waals surface area contributed by atoms with Crippen molar-refractivity contribution in [3.05, 3.63) is 59.7 Å². The fraction of sp³-hybridized carbons (Fsp3) is 0.278. The monoisotopic (exact) mass is 362 g/mol. The van der Waals surface area contributed by atoms with E-state index in [0.717, 1.165) is 12.8 Å². The Kier molecular flexibility index (Phi) is 6.55. The van der Waals surface area contributed by atoms with Crippen LogP contribution in [0.3, 0.4) is 0 Å². The largest absolute Gasteiger partial charge is 0.495 e. The molecule has 0 unspecified atom stereocenters. The van der Waals surface area contributed by atoms with Gasteiger partial charge in [0.25, 0.3) is 5.91 Å². The van der Waals surface area contributed by atoms with Crippen LogP contribution >= 0.6 is 0 Å². The van der Waals surface area contributed by atoms with E-state index in [-0.39, 0.29) is 22.1 Å². The fourth-order valence-electron chi connectivity index (χ4n) is 2.38. The van der Waals surface area contributed by atoms with Crippen LogP contribution in [0.15, 0.2) is 53.4 Å². The lowest BCUT2D eigenvalue weighted by Gasteiger charge is -2.11. The molecule has 0 bridgehead atoms. The average Bonchev–Trinajstić information content (AvgIpc) is 2.65. The minimum atomic E-state index is -3.71. The molecule has 25 heavy (non-hydrogen) atoms. The number of nitrogens with one attached hydrogen (secondary N) is 2. The van der Waals surface area contributed by atoms with Gasteiger partial charge >= 0.3 is 0 Å². The van der Waals surface area contributed by atoms with Crippen molar-refractivity contribution in [2.45, 2.75) is 17.7 Å². The topological polar surface area (TPSA) is 84.5 Å². The number of carbonyl (C=O) groups excluding carboxylic acids is 1. The van der Waals surface area contributed by atoms with Crippen LogP contribution in [-0.4, -0.2) is 35.0 Å². The summed E-state index contributed by atoms with van der Waals surface area (Å²) < 4.78 is 31.4. The molecule has 0 aliphatic rings. The second kappa shape index (κ2) is 8.64. The van der Waals surface area contributed by atoms with Gasteiger partial charge in [0.15, 0.2) is 0 Å². The number of hydrogen-bond acceptors (Lipinski definition) is 4. The van der Waals surface area contributed by atoms with E-state index >= 15 is 0 Å². The molecule has 0 aliphatic heterocycles. The van der Waals surface area contributed by atoms with Crippen molar-refractivity contribution in [2.24, 2.45) is 0 Å². The highest BCUT2D eigenvalue weighted by molar-refractivity contribution is 7.89. The number of methoxy groups -OCH3 is 1. The van der Waals surface area contributed by atoms with Crippen molar-refractivity contribution < 1.29 is 17.9 Å². The molecule has 6 nitrogen and oxygen atoms in total. The highest BCUT2D eigenvalue weighted by Gasteiger charge is 2.20. The molecular formula is C18H22N2O4S. The Bertz CT molecular complexity index is 820. The molecule has 0 aromatic heterocycles. The Hall–Kier alpha value is -2.38. The molecule has 0 saturated heterocycles. The van der Waals surface area contributed by atoms with Crippen molar-refractivity contribution in [1.82, 2.24) is 10.0 Å². The summed E-state index contributed by atoms with van der Waals surface area (Å²) >= 11 is 0. The molecule has 134 valence electrons. The first-order valence-corrected chi connectivity index (χ1v) is 9.40. The zero-order valence-electron chi connectivity index (χ0n) is 14.3. The Morgan fingerprint density at radius 2 is 1.84 bits per heavy atom. The first-order chi connectivity index (χ1) is 12.0. The Balaban J connectivity index is 2.01. The fourth-order valence-corrected chi connectivity index (χ4v) is 3.30. The van der Waals surface area contributed by atoms with Gasteiger partial charge in [-0.1, -0.05) is 30.3 Å². The lowest BCUT2D eigenvalue weighted by Crippen LogP contribution is -2.26. The number of amides is 1. The van der Waals surface area contributed by atoms with Crippen molar-refractivity contribution in [2.75, 3.05) is 20.7 Å². The zero-order valence-corrected chi connectivity index (χ0v) is 15.1. The molecule has 2 N–H and O–H groups in total. The van der Waals surface area contributed by atoms with Crippen LogP contribution in [0, 0.1) is 0 Å². The molecule has 0 fully saturated rings. The lowest BCUT2D eigenvalue weighted by atomic mass is 10.1. The third-order valence-corrected chi connectivity index (χ3v) is 5.19. The minimum Gasteiger partial charge on any atom is -0.495 e. The van der Waals surface area contributed by atoms with Gasteiger partial charge < -0.3 is 10.1 Å². The number of aryl methyl sites for hydroxylation is 1. The van der Waals surface area contributed by atoms with Crippen LogP contribution in [0.4, 0.5) is 0 Å². The van der Waals surface area contributed by atoms with Crippen LogP contribution < -0.4 is 14.8 Å². The van der Waals surface area contributed by atoms with Gasteiger partial charge in [0.2, 0.25) is 10.0 Å². The maximum atomic E-state index is 12.3. The van der Waals surface area contributed by atoms with Crippen molar-refractivity contribution in [3.8, 4) is 5.75 Å². The first-order valence-electron chi connectivity index (χ1n) is 7.91. The predicted molar refractivity (Wildman–Crippen MR) is 96.3 cm³/mol. The van der Waals surface area contributed by atoms with Gasteiger partial charge in [-0.05, 0) is 43.7 Å². The van der Waals surface area contributed by atoms with Gasteiger partial charge in [-0.25, -0.2) is 13.1 Å². The molecule has 7 heteroatoms. The Morgan fingerprint density at radius 3 is 2.48 bits per heavy atom. The summed E-state index contributed by atoms with van der Waals surface area (Å²) in [5, 5.41) is 2.81. The molecule has 0 radical (unpaired) electrons. The second-order valence-electron chi connectivity index (χ2n) is 5.42. The van der Waals surface area contributed by atoms with Gasteiger partial charge in [0.05, 0.1) is 7.11 Å². The Morgan fingerprint density at radius 1 is 1.12 bits per heavy atom. The zero-order chi connectivity index (χ0) is 18.3. The summed E-state index contributed by atoms with van der Waals surface area (Å²) in [6.07, 6.45) is 1.66. The number of benzene rings is 2. The quantitative estimate of drug-likeness (QED) is 0.703. The predicted octanol–water partition coefficient (Wildman–Crippen LogP) is 1.97. The van der Waals surface area contributed by atoms with Gasteiger partial charge in [0.1, 0.15) is 10.6 Å². The summed E-state index contributed by atoms with van der Waals surface area (Å²) in [5.41, 5.74) is 1.48. The highest BCUT2D eigenvalue weighted by atomic mass is 32.2. The van der Waals surface area contributed by atoms with Gasteiger partial charge in [-0.2, -0.15) is 0 Å². The van der Waals surface area contributed by atoms with Gasteiger partial charge in [-0.3, -0.25) is 4.79 Å². The SMILES string of the molecule is CNS(=O)(=O)c1cc(C(=O)NCCCc2ccccc2)ccc1OC. The van der Waals surface area contributed by atoms with E-state index in [2.05, 4.69) is 10.0 Å². The maximum absolute atomic E-state index is 12.3. The summed E-state index contributed by atoms with van der Waals surface area (Å²) in [5.74, 6) is -0.127. The lowest BCUT2D eigenvalue weighted by molar-refractivity contribution is 0.0953. The van der Waals surface area contributed by atoms with E-state index in [0.29, 0.717) is 6.54 Å². The molecule has 0 atom stereocenters. The molecule has 1 amide bonds. The number of carbonyl (C=O) groups is 1. The smallest absolute Gasteiger partial charge is 0.251 e. The van der Waals surface area contributed by atoms with Crippen LogP contribution in [0.25, 0.3) is 0 Å². The normalized spacial score (nSPS) is 11.1. The van der Waals surface area contributed by atoms with Gasteiger partial charge in [0, 0.05) is 12.1 Å². The standard InChI is InChI=1S/C18H22N2O4S/c1-19-25(22,23)17-13-15(10-11-16(17)24-2)18(21)20-12-6-9-14-7-4-3-5-8-14/h3-5,7-8,10-11,13,19H,6,9,12H2,1-2H3,(H,20,21). The molecule has 0 heterocycles. The summed E-state index contributed by atoms with van der Waals surface area (Å²) in [6.45, 7) is 0.508. The maximum Gasteiger partial charge on any atom is 0.251 e. The van der Waals surface area contributed by atoms with E-state index in [4.69, 9.17) is 4.74 Å². The van der Waals surface area contributed by atoms with E-state index < -0.39 is 10.0 Å². The molecule has 0 aliphatic carbocycles. The molecule has 2 aromatic rings. The number of rotatable bonds is 8. The average molecular weight is 362 g/mol. The van der Waals surface area contributed by atoms with Crippen LogP contribution in [0.1, 0.15) is 22.3 Å². The molecule has 2 rings (SSSR count). The molecular weight excluding hydrogens is 340 g/mol. The summed E-state index contributed by atoms with van der Waals surface area (Å²) in [4.78, 5) is 12.2. The third kappa shape index (κ3) is 5.04. The van der Waals surface area contributed by atoms with E-state index in [1.165, 1.54) is 31.9 Å². The highest BCUT2D eigenvalue weighted by Crippen LogP contribution is 2.24. The third-order valence-electron chi connectivity index (χ3n) is 3.75. The number of sulfonamides is 1. The van der Waals surface area contributed by atoms with Crippen molar-refractivity contribution in [3.63, 3.8) is 0 Å². The molecule has 0 saturated carbocycles. The van der Waals surface area contributed by atoms with Crippen LogP contribution in [0.5, 0.6) is 5.75 Å². The van der Waals surface area contributed by atoms with E-state index in [9.17, 15) is 13.2 Å². The minimum absolute atomic E-state index is 0.0607. The van der Waals surface area contributed by atoms with Crippen molar-refractivity contribution in [1.29, 1.82) is 0 Å². The number of ether oxygens (including phenoxy) is 1. The van der Waals surface area contributed by atoms with Crippen molar-refractivity contribution >= 4 is 15.9 Å². The number of hydrogen-bond donors (Lipinski definition) is 2. The van der Waals surface area contributed by atoms with E-state index in [1.807, 2.05) is 30.3 Å². The van der Waals surface area contributed by atoms with Gasteiger partial charge in [-0.15, -0.1) is 0 Å².